The standard InChI is InChI=1S/C23H11ClF5N3OS.C19H8BrClF5N3O.C4H5BO2S/c24-16-5-2-6-17(26)19(16)20-18(12-7-8-34-11-12)21(33-31-20)15-10-30-32(22(15)23(27,28)29)14-4-1-3-13(25)9-14;20-15-16(14-12(21)5-2-6-13(14)23)28-30-17(15)11-8-27-29(18(11)19(24,25)26)10-4-1-3-9(22)7-10;6-5(7)4-1-2-8-3-4/h1-11H;1-8H;1-3,6-7H. The van der Waals surface area contributed by atoms with Gasteiger partial charge in [0.2, 0.25) is 0 Å². The van der Waals surface area contributed by atoms with E-state index in [9.17, 15) is 43.9 Å². The van der Waals surface area contributed by atoms with E-state index >= 15 is 0 Å². The molecule has 26 heteroatoms. The number of hydrogen-bond donors (Lipinski definition) is 2. The highest BCUT2D eigenvalue weighted by Gasteiger charge is 2.43. The average Bonchev–Trinajstić information content (AvgIpc) is 4.18. The van der Waals surface area contributed by atoms with Crippen LogP contribution in [0, 0.1) is 23.3 Å². The Hall–Kier alpha value is -6.54. The number of alkyl halides is 6. The van der Waals surface area contributed by atoms with Gasteiger partial charge in [-0.1, -0.05) is 63.8 Å². The van der Waals surface area contributed by atoms with Crippen molar-refractivity contribution in [3.05, 3.63) is 180 Å². The highest BCUT2D eigenvalue weighted by Crippen LogP contribution is 2.48. The average molecular weight is 1140 g/mol. The highest BCUT2D eigenvalue weighted by molar-refractivity contribution is 9.10. The molecular formula is C46H24BBrCl2F10N6O4S2. The molecule has 0 radical (unpaired) electrons. The fourth-order valence-corrected chi connectivity index (χ4v) is 9.35. The van der Waals surface area contributed by atoms with Crippen LogP contribution >= 0.6 is 61.8 Å². The van der Waals surface area contributed by atoms with Crippen LogP contribution in [0.25, 0.3) is 67.7 Å². The van der Waals surface area contributed by atoms with Crippen LogP contribution in [0.4, 0.5) is 43.9 Å². The zero-order valence-electron chi connectivity index (χ0n) is 35.4. The van der Waals surface area contributed by atoms with Gasteiger partial charge in [0, 0.05) is 0 Å². The van der Waals surface area contributed by atoms with Gasteiger partial charge in [0.25, 0.3) is 0 Å². The van der Waals surface area contributed by atoms with Crippen molar-refractivity contribution in [2.45, 2.75) is 12.4 Å². The maximum absolute atomic E-state index is 14.7. The lowest BCUT2D eigenvalue weighted by Crippen LogP contribution is -2.27. The van der Waals surface area contributed by atoms with E-state index in [4.69, 9.17) is 42.3 Å². The zero-order valence-corrected chi connectivity index (χ0v) is 40.1. The Morgan fingerprint density at radius 2 is 1.06 bits per heavy atom. The van der Waals surface area contributed by atoms with Crippen LogP contribution in [0.1, 0.15) is 11.4 Å². The van der Waals surface area contributed by atoms with Gasteiger partial charge in [0.1, 0.15) is 34.7 Å². The Kier molecular flexibility index (Phi) is 15.3. The SMILES string of the molecule is Fc1cccc(-n2ncc(-c3onc(-c4c(F)cccc4Cl)c3-c3ccsc3)c2C(F)(F)F)c1.Fc1cccc(-n2ncc(-c3onc(-c4c(F)cccc4Cl)c3Br)c2C(F)(F)F)c1.OB(O)c1ccsc1. The zero-order chi connectivity index (χ0) is 51.6. The predicted octanol–water partition coefficient (Wildman–Crippen LogP) is 14.2. The second-order valence-electron chi connectivity index (χ2n) is 14.6. The topological polar surface area (TPSA) is 128 Å². The number of hydrogen-bond acceptors (Lipinski definition) is 10. The third-order valence-corrected chi connectivity index (χ3v) is 12.8. The van der Waals surface area contributed by atoms with Gasteiger partial charge in [-0.25, -0.2) is 26.9 Å². The van der Waals surface area contributed by atoms with Gasteiger partial charge in [-0.2, -0.15) is 59.2 Å². The summed E-state index contributed by atoms with van der Waals surface area (Å²) < 4.78 is 152. The molecule has 2 N–H and O–H groups in total. The first-order valence-electron chi connectivity index (χ1n) is 20.0. The molecule has 10 rings (SSSR count). The number of rotatable bonds is 8. The molecule has 72 heavy (non-hydrogen) atoms. The van der Waals surface area contributed by atoms with Gasteiger partial charge >= 0.3 is 19.5 Å². The summed E-state index contributed by atoms with van der Waals surface area (Å²) in [5.41, 5.74) is -2.84. The highest BCUT2D eigenvalue weighted by atomic mass is 79.9. The molecule has 368 valence electrons. The molecule has 0 aliphatic rings. The third kappa shape index (κ3) is 10.8. The fourth-order valence-electron chi connectivity index (χ4n) is 6.97. The Morgan fingerprint density at radius 3 is 1.50 bits per heavy atom. The second kappa shape index (κ2) is 21.3. The predicted molar refractivity (Wildman–Crippen MR) is 254 cm³/mol. The quantitative estimate of drug-likeness (QED) is 0.114. The summed E-state index contributed by atoms with van der Waals surface area (Å²) in [6.07, 6.45) is -7.91. The number of benzene rings is 4. The summed E-state index contributed by atoms with van der Waals surface area (Å²) in [6.45, 7) is 0. The molecule has 6 heterocycles. The fraction of sp³-hybridized carbons (Fsp3) is 0.0435. The van der Waals surface area contributed by atoms with E-state index in [1.807, 2.05) is 0 Å². The van der Waals surface area contributed by atoms with Crippen molar-refractivity contribution in [3.8, 4) is 67.7 Å². The van der Waals surface area contributed by atoms with Gasteiger partial charge in [-0.3, -0.25) is 0 Å². The molecule has 10 aromatic rings. The maximum atomic E-state index is 14.7. The van der Waals surface area contributed by atoms with Crippen LogP contribution in [0.2, 0.25) is 10.0 Å². The van der Waals surface area contributed by atoms with Crippen molar-refractivity contribution in [3.63, 3.8) is 0 Å². The van der Waals surface area contributed by atoms with Crippen molar-refractivity contribution in [2.75, 3.05) is 0 Å². The summed E-state index contributed by atoms with van der Waals surface area (Å²) >= 11 is 18.1. The van der Waals surface area contributed by atoms with Crippen LogP contribution in [0.5, 0.6) is 0 Å². The molecule has 0 aliphatic heterocycles. The van der Waals surface area contributed by atoms with Gasteiger partial charge in [0.05, 0.1) is 66.1 Å². The number of halogens is 13. The van der Waals surface area contributed by atoms with E-state index in [1.54, 1.807) is 33.7 Å². The summed E-state index contributed by atoms with van der Waals surface area (Å²) in [6, 6.07) is 20.4. The Bertz CT molecular complexity index is 3470. The molecule has 0 fully saturated rings. The van der Waals surface area contributed by atoms with Gasteiger partial charge in [0.15, 0.2) is 22.9 Å². The minimum Gasteiger partial charge on any atom is -0.423 e. The molecule has 0 atom stereocenters. The number of thiophene rings is 2. The molecule has 6 aromatic heterocycles. The molecule has 4 aromatic carbocycles. The second-order valence-corrected chi connectivity index (χ2v) is 17.8. The van der Waals surface area contributed by atoms with Gasteiger partial charge < -0.3 is 19.1 Å². The van der Waals surface area contributed by atoms with E-state index in [1.165, 1.54) is 71.2 Å². The maximum Gasteiger partial charge on any atom is 0.489 e. The van der Waals surface area contributed by atoms with Crippen LogP contribution in [0.15, 0.2) is 144 Å². The Labute approximate surface area is 425 Å². The molecule has 0 amide bonds. The van der Waals surface area contributed by atoms with Crippen molar-refractivity contribution in [1.29, 1.82) is 0 Å². The summed E-state index contributed by atoms with van der Waals surface area (Å²) in [4.78, 5) is 0. The van der Waals surface area contributed by atoms with Gasteiger partial charge in [-0.15, -0.1) is 0 Å². The lowest BCUT2D eigenvalue weighted by atomic mass is 9.83. The lowest BCUT2D eigenvalue weighted by molar-refractivity contribution is -0.143. The van der Waals surface area contributed by atoms with Crippen LogP contribution in [0.3, 0.4) is 0 Å². The molecular weight excluding hydrogens is 1120 g/mol. The third-order valence-electron chi connectivity index (χ3n) is 10.0. The molecule has 0 aliphatic carbocycles. The first kappa shape index (κ1) is 51.8. The lowest BCUT2D eigenvalue weighted by Gasteiger charge is -2.12. The Morgan fingerprint density at radius 1 is 0.583 bits per heavy atom. The smallest absolute Gasteiger partial charge is 0.423 e. The molecule has 0 saturated carbocycles. The van der Waals surface area contributed by atoms with Crippen LogP contribution < -0.4 is 5.46 Å². The molecule has 0 bridgehead atoms. The minimum absolute atomic E-state index is 0.00190. The molecule has 0 spiro atoms. The van der Waals surface area contributed by atoms with E-state index in [-0.39, 0.29) is 65.5 Å². The Balaban J connectivity index is 0.000000168. The van der Waals surface area contributed by atoms with Gasteiger partial charge in [-0.05, 0) is 115 Å². The van der Waals surface area contributed by atoms with Crippen molar-refractivity contribution in [2.24, 2.45) is 0 Å². The first-order valence-corrected chi connectivity index (χ1v) is 23.5. The van der Waals surface area contributed by atoms with Crippen LogP contribution in [-0.4, -0.2) is 47.0 Å². The van der Waals surface area contributed by atoms with Crippen molar-refractivity contribution >= 4 is 74.4 Å². The van der Waals surface area contributed by atoms with E-state index in [0.717, 1.165) is 48.8 Å². The summed E-state index contributed by atoms with van der Waals surface area (Å²) in [7, 11) is -1.30. The first-order chi connectivity index (χ1) is 34.2. The van der Waals surface area contributed by atoms with Crippen molar-refractivity contribution in [1.82, 2.24) is 29.9 Å². The molecule has 10 nitrogen and oxygen atoms in total. The number of aromatic nitrogens is 6. The monoisotopic (exact) mass is 1140 g/mol. The molecule has 0 unspecified atom stereocenters. The summed E-state index contributed by atoms with van der Waals surface area (Å²) in [5.74, 6) is -3.50. The normalized spacial score (nSPS) is 11.5. The van der Waals surface area contributed by atoms with E-state index in [2.05, 4.69) is 36.4 Å². The largest absolute Gasteiger partial charge is 0.489 e. The minimum atomic E-state index is -4.90. The van der Waals surface area contributed by atoms with E-state index < -0.39 is 65.3 Å². The van der Waals surface area contributed by atoms with Crippen LogP contribution in [-0.2, 0) is 12.4 Å². The van der Waals surface area contributed by atoms with Crippen molar-refractivity contribution < 1.29 is 63.0 Å². The van der Waals surface area contributed by atoms with E-state index in [0.29, 0.717) is 20.4 Å². The number of nitrogens with zero attached hydrogens (tertiary/aromatic N) is 6. The summed E-state index contributed by atoms with van der Waals surface area (Å²) in [5, 5.41) is 39.0. The molecule has 0 saturated heterocycles.